The van der Waals surface area contributed by atoms with Gasteiger partial charge < -0.3 is 20.3 Å². The van der Waals surface area contributed by atoms with E-state index in [1.54, 1.807) is 0 Å². The highest BCUT2D eigenvalue weighted by molar-refractivity contribution is 5.77. The van der Waals surface area contributed by atoms with E-state index in [9.17, 15) is 19.8 Å². The van der Waals surface area contributed by atoms with Crippen LogP contribution < -0.4 is 5.32 Å². The lowest BCUT2D eigenvalue weighted by atomic mass is 10.0. The Labute approximate surface area is 353 Å². The second kappa shape index (κ2) is 45.2. The molecule has 6 heteroatoms. The molecule has 0 saturated heterocycles. The van der Waals surface area contributed by atoms with Gasteiger partial charge in [0, 0.05) is 6.42 Å². The van der Waals surface area contributed by atoms with Crippen molar-refractivity contribution in [1.29, 1.82) is 0 Å². The average molecular weight is 802 g/mol. The van der Waals surface area contributed by atoms with Crippen LogP contribution in [0.5, 0.6) is 0 Å². The number of amides is 1. The molecule has 6 nitrogen and oxygen atoms in total. The third-order valence-corrected chi connectivity index (χ3v) is 11.2. The van der Waals surface area contributed by atoms with E-state index >= 15 is 0 Å². The van der Waals surface area contributed by atoms with Crippen LogP contribution in [-0.4, -0.2) is 46.9 Å². The van der Waals surface area contributed by atoms with Crippen LogP contribution in [0.3, 0.4) is 0 Å². The number of carbonyl (C=O) groups excluding carboxylic acids is 2. The summed E-state index contributed by atoms with van der Waals surface area (Å²) in [5, 5.41) is 23.7. The highest BCUT2D eigenvalue weighted by Gasteiger charge is 2.24. The van der Waals surface area contributed by atoms with Gasteiger partial charge in [-0.1, -0.05) is 211 Å². The van der Waals surface area contributed by atoms with Crippen LogP contribution in [0.15, 0.2) is 36.5 Å². The largest absolute Gasteiger partial charge is 0.462 e. The van der Waals surface area contributed by atoms with Gasteiger partial charge in [-0.2, -0.15) is 0 Å². The highest BCUT2D eigenvalue weighted by Crippen LogP contribution is 2.18. The first kappa shape index (κ1) is 55.1. The van der Waals surface area contributed by atoms with Crippen molar-refractivity contribution < 1.29 is 24.5 Å². The van der Waals surface area contributed by atoms with Crippen LogP contribution in [0.1, 0.15) is 252 Å². The van der Waals surface area contributed by atoms with Crippen LogP contribution in [0, 0.1) is 0 Å². The van der Waals surface area contributed by atoms with Gasteiger partial charge >= 0.3 is 5.97 Å². The van der Waals surface area contributed by atoms with Gasteiger partial charge in [0.1, 0.15) is 6.10 Å². The predicted octanol–water partition coefficient (Wildman–Crippen LogP) is 14.5. The second-order valence-electron chi connectivity index (χ2n) is 16.9. The lowest BCUT2D eigenvalue weighted by molar-refractivity contribution is -0.151. The molecule has 0 rings (SSSR count). The van der Waals surface area contributed by atoms with Crippen molar-refractivity contribution in [3.05, 3.63) is 36.5 Å². The minimum atomic E-state index is -0.787. The van der Waals surface area contributed by atoms with Crippen molar-refractivity contribution in [2.45, 2.75) is 270 Å². The van der Waals surface area contributed by atoms with Crippen LogP contribution in [0.2, 0.25) is 0 Å². The molecule has 334 valence electrons. The quantitative estimate of drug-likeness (QED) is 0.0324. The Hall–Kier alpha value is -1.92. The highest BCUT2D eigenvalue weighted by atomic mass is 16.5. The first-order valence-electron chi connectivity index (χ1n) is 24.7. The summed E-state index contributed by atoms with van der Waals surface area (Å²) in [5.41, 5.74) is 0. The van der Waals surface area contributed by atoms with Crippen LogP contribution in [0.25, 0.3) is 0 Å². The number of unbranched alkanes of at least 4 members (excludes halogenated alkanes) is 26. The number of allylic oxidation sites excluding steroid dienone is 6. The van der Waals surface area contributed by atoms with E-state index in [1.807, 2.05) is 0 Å². The van der Waals surface area contributed by atoms with Crippen molar-refractivity contribution >= 4 is 11.9 Å². The SMILES string of the molecule is CCCCC/C=C\C/C=C\C/C=C\CCCCCCC(=O)OC(CCCCCCCCCC)CC(=O)NC(CO)C(O)CCCCCCCCCCCCCCC. The van der Waals surface area contributed by atoms with Crippen molar-refractivity contribution in [3.8, 4) is 0 Å². The molecule has 0 radical (unpaired) electrons. The van der Waals surface area contributed by atoms with Crippen LogP contribution in [0.4, 0.5) is 0 Å². The van der Waals surface area contributed by atoms with Gasteiger partial charge in [0.25, 0.3) is 0 Å². The lowest BCUT2D eigenvalue weighted by Gasteiger charge is -2.24. The van der Waals surface area contributed by atoms with Crippen molar-refractivity contribution in [3.63, 3.8) is 0 Å². The molecule has 57 heavy (non-hydrogen) atoms. The maximum absolute atomic E-state index is 13.1. The molecule has 3 unspecified atom stereocenters. The third kappa shape index (κ3) is 40.6. The molecule has 0 saturated carbocycles. The number of esters is 1. The maximum atomic E-state index is 13.1. The Kier molecular flexibility index (Phi) is 43.6. The minimum absolute atomic E-state index is 0.0709. The van der Waals surface area contributed by atoms with Crippen LogP contribution in [-0.2, 0) is 14.3 Å². The molecule has 0 aromatic rings. The summed E-state index contributed by atoms with van der Waals surface area (Å²) in [6.45, 7) is 6.43. The van der Waals surface area contributed by atoms with Crippen molar-refractivity contribution in [1.82, 2.24) is 5.32 Å². The van der Waals surface area contributed by atoms with Gasteiger partial charge in [0.05, 0.1) is 25.2 Å². The van der Waals surface area contributed by atoms with E-state index in [4.69, 9.17) is 4.74 Å². The molecule has 0 heterocycles. The van der Waals surface area contributed by atoms with E-state index in [2.05, 4.69) is 62.5 Å². The minimum Gasteiger partial charge on any atom is -0.462 e. The number of ether oxygens (including phenoxy) is 1. The molecule has 0 aliphatic carbocycles. The normalized spacial score (nSPS) is 13.6. The molecule has 3 N–H and O–H groups in total. The first-order chi connectivity index (χ1) is 28.0. The Balaban J connectivity index is 4.47. The molecule has 3 atom stereocenters. The number of aliphatic hydroxyl groups excluding tert-OH is 2. The second-order valence-corrected chi connectivity index (χ2v) is 16.9. The number of hydrogen-bond donors (Lipinski definition) is 3. The maximum Gasteiger partial charge on any atom is 0.306 e. The zero-order chi connectivity index (χ0) is 41.7. The fraction of sp³-hybridized carbons (Fsp3) is 0.843. The fourth-order valence-corrected chi connectivity index (χ4v) is 7.44. The van der Waals surface area contributed by atoms with Gasteiger partial charge in [0.2, 0.25) is 5.91 Å². The number of rotatable bonds is 44. The topological polar surface area (TPSA) is 95.9 Å². The summed E-state index contributed by atoms with van der Waals surface area (Å²) in [6, 6.07) is -0.701. The molecular weight excluding hydrogens is 707 g/mol. The summed E-state index contributed by atoms with van der Waals surface area (Å²) in [4.78, 5) is 26.0. The molecule has 0 aromatic heterocycles. The summed E-state index contributed by atoms with van der Waals surface area (Å²) >= 11 is 0. The van der Waals surface area contributed by atoms with E-state index in [0.29, 0.717) is 19.3 Å². The molecule has 0 aliphatic heterocycles. The molecule has 0 aromatic carbocycles. The smallest absolute Gasteiger partial charge is 0.306 e. The zero-order valence-electron chi connectivity index (χ0n) is 38.0. The Morgan fingerprint density at radius 3 is 1.39 bits per heavy atom. The molecule has 0 spiro atoms. The van der Waals surface area contributed by atoms with Gasteiger partial charge in [-0.3, -0.25) is 9.59 Å². The Bertz CT molecular complexity index is 946. The van der Waals surface area contributed by atoms with Crippen molar-refractivity contribution in [2.24, 2.45) is 0 Å². The monoisotopic (exact) mass is 802 g/mol. The van der Waals surface area contributed by atoms with Gasteiger partial charge in [-0.25, -0.2) is 0 Å². The number of nitrogens with one attached hydrogen (secondary N) is 1. The number of carbonyl (C=O) groups is 2. The van der Waals surface area contributed by atoms with Crippen molar-refractivity contribution in [2.75, 3.05) is 6.61 Å². The fourth-order valence-electron chi connectivity index (χ4n) is 7.44. The standard InChI is InChI=1S/C51H95NO5/c1-4-7-10-13-16-19-21-23-24-25-26-28-30-32-35-38-41-44-51(56)57-47(42-39-36-33-18-15-12-9-6-3)45-50(55)52-48(46-53)49(54)43-40-37-34-31-29-27-22-20-17-14-11-8-5-2/h16,19,23-24,26,28,47-49,53-54H,4-15,17-18,20-22,25,27,29-46H2,1-3H3,(H,52,55)/b19-16-,24-23-,28-26-. The number of aliphatic hydroxyl groups is 2. The summed E-state index contributed by atoms with van der Waals surface area (Å²) in [5.74, 6) is -0.495. The van der Waals surface area contributed by atoms with Gasteiger partial charge in [-0.05, 0) is 64.2 Å². The lowest BCUT2D eigenvalue weighted by Crippen LogP contribution is -2.46. The molecular formula is C51H95NO5. The summed E-state index contributed by atoms with van der Waals surface area (Å²) < 4.78 is 5.89. The molecule has 0 aliphatic rings. The predicted molar refractivity (Wildman–Crippen MR) is 246 cm³/mol. The van der Waals surface area contributed by atoms with E-state index in [-0.39, 0.29) is 24.9 Å². The number of hydrogen-bond acceptors (Lipinski definition) is 5. The third-order valence-electron chi connectivity index (χ3n) is 11.2. The Morgan fingerprint density at radius 2 is 0.895 bits per heavy atom. The first-order valence-corrected chi connectivity index (χ1v) is 24.7. The summed E-state index contributed by atoms with van der Waals surface area (Å²) in [6.07, 6.45) is 52.1. The summed E-state index contributed by atoms with van der Waals surface area (Å²) in [7, 11) is 0. The van der Waals surface area contributed by atoms with Crippen LogP contribution >= 0.6 is 0 Å². The van der Waals surface area contributed by atoms with Gasteiger partial charge in [-0.15, -0.1) is 0 Å². The van der Waals surface area contributed by atoms with E-state index in [1.165, 1.54) is 128 Å². The van der Waals surface area contributed by atoms with Gasteiger partial charge in [0.15, 0.2) is 0 Å². The molecule has 0 fully saturated rings. The molecule has 1 amide bonds. The zero-order valence-corrected chi connectivity index (χ0v) is 38.0. The molecule has 0 bridgehead atoms. The van der Waals surface area contributed by atoms with E-state index in [0.717, 1.165) is 77.0 Å². The van der Waals surface area contributed by atoms with E-state index < -0.39 is 18.2 Å². The Morgan fingerprint density at radius 1 is 0.509 bits per heavy atom. The average Bonchev–Trinajstić information content (AvgIpc) is 3.20.